The minimum atomic E-state index is -0.718. The van der Waals surface area contributed by atoms with Crippen LogP contribution >= 0.6 is 0 Å². The van der Waals surface area contributed by atoms with Gasteiger partial charge in [-0.2, -0.15) is 0 Å². The van der Waals surface area contributed by atoms with Gasteiger partial charge in [-0.15, -0.1) is 13.2 Å². The number of hydrogen-bond acceptors (Lipinski definition) is 20. The maximum absolute atomic E-state index is 12.1. The molecule has 432 valence electrons. The number of phenolic OH excluding ortho intramolecular Hbond substituents is 2. The highest BCUT2D eigenvalue weighted by molar-refractivity contribution is 5.99. The molecule has 1 aliphatic rings. The lowest BCUT2D eigenvalue weighted by Crippen LogP contribution is -2.37. The summed E-state index contributed by atoms with van der Waals surface area (Å²) in [6, 6.07) is 20.2. The summed E-state index contributed by atoms with van der Waals surface area (Å²) in [5.74, 6) is 3.97. The molecule has 20 nitrogen and oxygen atoms in total. The number of ketones is 2. The van der Waals surface area contributed by atoms with Crippen molar-refractivity contribution in [3.8, 4) is 17.2 Å². The smallest absolute Gasteiger partial charge is 0.272 e. The number of nitrogens with one attached hydrogen (secondary N) is 3. The predicted octanol–water partition coefficient (Wildman–Crippen LogP) is 9.62. The van der Waals surface area contributed by atoms with Gasteiger partial charge >= 0.3 is 0 Å². The van der Waals surface area contributed by atoms with Gasteiger partial charge in [0.25, 0.3) is 21.7 Å². The standard InChI is InChI=1S/C20H20N2O5.C13H11NO5.C9H14O2.C8H13NO.C5H10O.C2H4.2CH4O/c1-4-13(15-9-8-10(2)27-15)21-16-17(20(26)19(16)25)22-14-7-5-6-12(11(3)23)18(14)24;1-6(15)7-4-3-5-8(10(7)16)14-9-11(17)12(18)13(9)19-2;1-3-8(6-10)9-5-4-7(2)11-9;1-3-7(9)8-5-4-6(2)10-8;1-5-3-2-4-6-5;3*1-2/h5-9,13,21-22,24H,4H2,1-3H3;3-5,14,16H,1-2H3;4-5,8,10H,3,6H2,1-2H3;4-5,7H,3,9H2,1-2H3;5H,2-4H2,1H3;1-2H2;2*2H,1H3/t13-;;8-;7-;;;;/m1.01..../s1. The Hall–Kier alpha value is -7.88. The molecule has 10 N–H and O–H groups in total. The number of nitrogens with two attached hydrogens (primary N) is 1. The monoisotopic (exact) mass is 1100 g/mol. The molecule has 0 radical (unpaired) electrons. The topological polar surface area (TPSA) is 324 Å². The van der Waals surface area contributed by atoms with Gasteiger partial charge in [-0.25, -0.2) is 0 Å². The number of aryl methyl sites for hydroxylation is 3. The number of benzene rings is 2. The summed E-state index contributed by atoms with van der Waals surface area (Å²) in [4.78, 5) is 69.5. The first-order valence-corrected chi connectivity index (χ1v) is 25.4. The Bertz CT molecular complexity index is 3070. The van der Waals surface area contributed by atoms with E-state index in [0.717, 1.165) is 62.5 Å². The van der Waals surface area contributed by atoms with Crippen molar-refractivity contribution in [1.82, 2.24) is 0 Å². The number of carbonyl (C=O) groups is 2. The minimum absolute atomic E-state index is 0.0245. The lowest BCUT2D eigenvalue weighted by molar-refractivity contribution is 0.100. The summed E-state index contributed by atoms with van der Waals surface area (Å²) in [5.41, 5.74) is 3.72. The van der Waals surface area contributed by atoms with Gasteiger partial charge in [0.1, 0.15) is 63.1 Å². The first kappa shape index (κ1) is 69.1. The largest absolute Gasteiger partial charge is 0.505 e. The van der Waals surface area contributed by atoms with E-state index >= 15 is 0 Å². The van der Waals surface area contributed by atoms with E-state index in [1.54, 1.807) is 12.1 Å². The highest BCUT2D eigenvalue weighted by atomic mass is 16.5. The Morgan fingerprint density at radius 2 is 1.10 bits per heavy atom. The van der Waals surface area contributed by atoms with Crippen molar-refractivity contribution < 1.29 is 57.8 Å². The Balaban J connectivity index is 0.000000521. The second kappa shape index (κ2) is 35.5. The third-order valence-corrected chi connectivity index (χ3v) is 11.8. The van der Waals surface area contributed by atoms with Gasteiger partial charge in [0.15, 0.2) is 17.3 Å². The predicted molar refractivity (Wildman–Crippen MR) is 309 cm³/mol. The number of methoxy groups -OCH3 is 1. The van der Waals surface area contributed by atoms with Crippen LogP contribution in [0.25, 0.3) is 0 Å². The Morgan fingerprint density at radius 3 is 1.46 bits per heavy atom. The number of anilines is 5. The number of carbonyl (C=O) groups excluding carboxylic acids is 2. The van der Waals surface area contributed by atoms with Crippen molar-refractivity contribution in [3.05, 3.63) is 173 Å². The van der Waals surface area contributed by atoms with E-state index in [2.05, 4.69) is 36.0 Å². The maximum atomic E-state index is 12.1. The molecule has 1 aliphatic heterocycles. The fourth-order valence-corrected chi connectivity index (χ4v) is 7.33. The number of furan rings is 3. The quantitative estimate of drug-likeness (QED) is 0.0188. The number of phenols is 2. The zero-order chi connectivity index (χ0) is 60.1. The van der Waals surface area contributed by atoms with Crippen LogP contribution in [0, 0.1) is 20.8 Å². The number of ether oxygens (including phenoxy) is 2. The third kappa shape index (κ3) is 19.8. The van der Waals surface area contributed by atoms with Crippen molar-refractivity contribution in [1.29, 1.82) is 0 Å². The van der Waals surface area contributed by atoms with Gasteiger partial charge in [-0.3, -0.25) is 28.8 Å². The van der Waals surface area contributed by atoms with Gasteiger partial charge < -0.3 is 69.9 Å². The van der Waals surface area contributed by atoms with Gasteiger partial charge in [0.05, 0.1) is 54.4 Å². The molecule has 4 atom stereocenters. The molecular weight excluding hydrogens is 1020 g/mol. The number of hydrogen-bond donors (Lipinski definition) is 9. The third-order valence-electron chi connectivity index (χ3n) is 11.8. The molecule has 0 saturated carbocycles. The van der Waals surface area contributed by atoms with Gasteiger partial charge in [-0.05, 0) is 134 Å². The molecule has 79 heavy (non-hydrogen) atoms. The van der Waals surface area contributed by atoms with Gasteiger partial charge in [0.2, 0.25) is 0 Å². The summed E-state index contributed by atoms with van der Waals surface area (Å²) in [6.07, 6.45) is 5.55. The van der Waals surface area contributed by atoms with E-state index in [9.17, 15) is 39.0 Å². The van der Waals surface area contributed by atoms with E-state index in [-0.39, 0.29) is 93.0 Å². The van der Waals surface area contributed by atoms with Crippen LogP contribution in [-0.4, -0.2) is 77.7 Å². The molecule has 3 aromatic heterocycles. The Morgan fingerprint density at radius 1 is 0.658 bits per heavy atom. The summed E-state index contributed by atoms with van der Waals surface area (Å²) in [6.45, 7) is 23.6. The lowest BCUT2D eigenvalue weighted by Gasteiger charge is -2.20. The van der Waals surface area contributed by atoms with Crippen LogP contribution in [0.4, 0.5) is 28.4 Å². The van der Waals surface area contributed by atoms with Crippen LogP contribution in [0.3, 0.4) is 0 Å². The van der Waals surface area contributed by atoms with Crippen LogP contribution in [-0.2, 0) is 4.74 Å². The highest BCUT2D eigenvalue weighted by Gasteiger charge is 2.27. The van der Waals surface area contributed by atoms with Crippen molar-refractivity contribution in [2.75, 3.05) is 50.5 Å². The molecule has 8 rings (SSSR count). The fourth-order valence-electron chi connectivity index (χ4n) is 7.33. The van der Waals surface area contributed by atoms with E-state index < -0.39 is 21.7 Å². The number of aliphatic hydroxyl groups excluding tert-OH is 3. The minimum Gasteiger partial charge on any atom is -0.505 e. The van der Waals surface area contributed by atoms with Gasteiger partial charge in [-0.1, -0.05) is 32.9 Å². The van der Waals surface area contributed by atoms with Crippen LogP contribution < -0.4 is 48.1 Å². The van der Waals surface area contributed by atoms with Gasteiger partial charge in [0, 0.05) is 26.7 Å². The molecule has 1 unspecified atom stereocenters. The van der Waals surface area contributed by atoms with E-state index in [1.165, 1.54) is 58.1 Å². The van der Waals surface area contributed by atoms with Crippen molar-refractivity contribution in [3.63, 3.8) is 0 Å². The Kier molecular flexibility index (Phi) is 31.1. The molecule has 7 aromatic rings. The van der Waals surface area contributed by atoms with Crippen LogP contribution in [0.2, 0.25) is 0 Å². The zero-order valence-electron chi connectivity index (χ0n) is 47.4. The number of rotatable bonds is 16. The molecule has 4 heterocycles. The van der Waals surface area contributed by atoms with Crippen LogP contribution in [0.15, 0.2) is 118 Å². The average Bonchev–Trinajstić information content (AvgIpc) is 4.35. The van der Waals surface area contributed by atoms with E-state index in [1.807, 2.05) is 77.9 Å². The zero-order valence-corrected chi connectivity index (χ0v) is 47.4. The second-order valence-corrected chi connectivity index (χ2v) is 17.3. The second-order valence-electron chi connectivity index (χ2n) is 17.3. The highest BCUT2D eigenvalue weighted by Crippen LogP contribution is 2.34. The first-order chi connectivity index (χ1) is 37.7. The molecule has 1 saturated heterocycles. The lowest BCUT2D eigenvalue weighted by atomic mass is 10.1. The van der Waals surface area contributed by atoms with E-state index in [4.69, 9.17) is 43.8 Å². The molecule has 0 bridgehead atoms. The Labute approximate surface area is 460 Å². The number of Topliss-reactive ketones (excluding diaryl/α,β-unsaturated/α-hetero) is 2. The molecule has 20 heteroatoms. The fraction of sp³-hybridized carbons (Fsp3) is 0.390. The molecule has 0 aliphatic carbocycles. The normalized spacial score (nSPS) is 13.0. The van der Waals surface area contributed by atoms with E-state index in [0.29, 0.717) is 18.3 Å². The average molecular weight is 1100 g/mol. The molecule has 0 amide bonds. The molecular formula is C59H80N4O16. The molecule has 4 aromatic carbocycles. The van der Waals surface area contributed by atoms with Crippen molar-refractivity contribution in [2.45, 2.75) is 119 Å². The van der Waals surface area contributed by atoms with Crippen molar-refractivity contribution >= 4 is 40.0 Å². The molecule has 1 fully saturated rings. The van der Waals surface area contributed by atoms with Crippen LogP contribution in [0.5, 0.6) is 17.2 Å². The summed E-state index contributed by atoms with van der Waals surface area (Å²) in [5, 5.41) is 51.5. The number of para-hydroxylation sites is 2. The first-order valence-electron chi connectivity index (χ1n) is 25.4. The number of aliphatic hydroxyl groups is 3. The summed E-state index contributed by atoms with van der Waals surface area (Å²) < 4.78 is 26.2. The number of aromatic hydroxyl groups is 2. The molecule has 0 spiro atoms. The maximum Gasteiger partial charge on any atom is 0.272 e. The summed E-state index contributed by atoms with van der Waals surface area (Å²) >= 11 is 0. The van der Waals surface area contributed by atoms with Crippen molar-refractivity contribution in [2.24, 2.45) is 5.73 Å². The van der Waals surface area contributed by atoms with Crippen LogP contribution in [0.1, 0.15) is 147 Å². The summed E-state index contributed by atoms with van der Waals surface area (Å²) in [7, 11) is 3.27. The SMILES string of the molecule is C=C.CC1CCCO1.CC[C@@H](CO)c1ccc(C)o1.CC[C@@H](N)c1ccc(C)o1.CC[C@@H](Nc1c(Nc2cccc(C(C)=O)c2O)c(=O)c1=O)c1ccc(C)o1.CO.CO.COc1c(Nc2cccc(C(C)=O)c2O)c(=O)c1=O.